The predicted octanol–water partition coefficient (Wildman–Crippen LogP) is 2.01. The number of hydrogen-bond acceptors (Lipinski definition) is 4. The van der Waals surface area contributed by atoms with Crippen molar-refractivity contribution in [1.82, 2.24) is 15.4 Å². The van der Waals surface area contributed by atoms with Gasteiger partial charge in [0, 0.05) is 32.2 Å². The first-order valence-corrected chi connectivity index (χ1v) is 10.6. The van der Waals surface area contributed by atoms with Crippen molar-refractivity contribution in [3.8, 4) is 5.75 Å². The van der Waals surface area contributed by atoms with Crippen LogP contribution >= 0.6 is 24.0 Å². The number of guanidine groups is 1. The van der Waals surface area contributed by atoms with Crippen LogP contribution < -0.4 is 20.1 Å². The van der Waals surface area contributed by atoms with Gasteiger partial charge in [-0.25, -0.2) is 13.1 Å². The maximum absolute atomic E-state index is 12.0. The van der Waals surface area contributed by atoms with E-state index in [1.807, 2.05) is 25.1 Å². The molecule has 1 aromatic rings. The van der Waals surface area contributed by atoms with E-state index in [1.165, 1.54) is 6.42 Å². The molecule has 0 aromatic heterocycles. The zero-order chi connectivity index (χ0) is 19.0. The van der Waals surface area contributed by atoms with Gasteiger partial charge in [0.1, 0.15) is 5.75 Å². The second-order valence-corrected chi connectivity index (χ2v) is 8.56. The molecule has 0 atom stereocenters. The number of ether oxygens (including phenoxy) is 1. The minimum absolute atomic E-state index is 0. The van der Waals surface area contributed by atoms with E-state index in [-0.39, 0.29) is 29.7 Å². The fourth-order valence-corrected chi connectivity index (χ4v) is 3.72. The number of nitrogens with zero attached hydrogens (tertiary/aromatic N) is 1. The monoisotopic (exact) mass is 510 g/mol. The molecule has 1 saturated carbocycles. The average Bonchev–Trinajstić information content (AvgIpc) is 2.57. The second-order valence-electron chi connectivity index (χ2n) is 6.63. The molecule has 2 rings (SSSR count). The Hall–Kier alpha value is -1.07. The van der Waals surface area contributed by atoms with Crippen molar-refractivity contribution < 1.29 is 13.2 Å². The summed E-state index contributed by atoms with van der Waals surface area (Å²) in [5.41, 5.74) is 2.14. The van der Waals surface area contributed by atoms with Crippen LogP contribution in [0.15, 0.2) is 23.2 Å². The van der Waals surface area contributed by atoms with Crippen LogP contribution in [0.2, 0.25) is 0 Å². The summed E-state index contributed by atoms with van der Waals surface area (Å²) in [7, 11) is 0.0489. The summed E-state index contributed by atoms with van der Waals surface area (Å²) in [6, 6.07) is 6.01. The Morgan fingerprint density at radius 2 is 2.04 bits per heavy atom. The Kier molecular flexibility index (Phi) is 10.4. The summed E-state index contributed by atoms with van der Waals surface area (Å²) in [5.74, 6) is 1.91. The Labute approximate surface area is 179 Å². The van der Waals surface area contributed by atoms with Crippen LogP contribution in [0.5, 0.6) is 5.75 Å². The van der Waals surface area contributed by atoms with E-state index in [1.54, 1.807) is 14.2 Å². The summed E-state index contributed by atoms with van der Waals surface area (Å²) in [4.78, 5) is 4.13. The molecule has 0 heterocycles. The third kappa shape index (κ3) is 8.22. The Balaban J connectivity index is 0.00000364. The van der Waals surface area contributed by atoms with E-state index in [0.29, 0.717) is 31.5 Å². The highest BCUT2D eigenvalue weighted by Crippen LogP contribution is 2.25. The van der Waals surface area contributed by atoms with E-state index in [2.05, 4.69) is 20.3 Å². The van der Waals surface area contributed by atoms with Crippen molar-refractivity contribution in [1.29, 1.82) is 0 Å². The fraction of sp³-hybridized carbons (Fsp3) is 0.611. The molecular formula is C18H31IN4O3S. The van der Waals surface area contributed by atoms with E-state index in [4.69, 9.17) is 4.74 Å². The molecule has 0 radical (unpaired) electrons. The normalized spacial score (nSPS) is 14.9. The van der Waals surface area contributed by atoms with Crippen molar-refractivity contribution in [2.75, 3.05) is 33.0 Å². The summed E-state index contributed by atoms with van der Waals surface area (Å²) < 4.78 is 32.1. The number of aryl methyl sites for hydroxylation is 1. The van der Waals surface area contributed by atoms with Crippen LogP contribution in [0.1, 0.15) is 30.4 Å². The maximum Gasteiger partial charge on any atom is 0.213 e. The minimum atomic E-state index is -3.25. The van der Waals surface area contributed by atoms with Gasteiger partial charge in [-0.05, 0) is 37.3 Å². The largest absolute Gasteiger partial charge is 0.496 e. The Morgan fingerprint density at radius 1 is 1.30 bits per heavy atom. The average molecular weight is 510 g/mol. The number of benzene rings is 1. The molecule has 0 unspecified atom stereocenters. The quantitative estimate of drug-likeness (QED) is 0.269. The van der Waals surface area contributed by atoms with Gasteiger partial charge in [0.15, 0.2) is 5.96 Å². The summed E-state index contributed by atoms with van der Waals surface area (Å²) in [5, 5.41) is 6.22. The standard InChI is InChI=1S/C18H30N4O3S.HI/c1-14-7-8-16(17(11-14)25-3)13-21-18(19-2)20-9-10-26(23,24)22-12-15-5-4-6-15;/h7-8,11,15,22H,4-6,9-10,12-13H2,1-3H3,(H2,19,20,21);1H. The lowest BCUT2D eigenvalue weighted by Crippen LogP contribution is -2.41. The van der Waals surface area contributed by atoms with Gasteiger partial charge < -0.3 is 15.4 Å². The van der Waals surface area contributed by atoms with Crippen molar-refractivity contribution in [3.05, 3.63) is 29.3 Å². The SMILES string of the molecule is CN=C(NCCS(=O)(=O)NCC1CCC1)NCc1ccc(C)cc1OC.I. The maximum atomic E-state index is 12.0. The summed E-state index contributed by atoms with van der Waals surface area (Å²) >= 11 is 0. The van der Waals surface area contributed by atoms with Crippen molar-refractivity contribution in [2.45, 2.75) is 32.7 Å². The first-order chi connectivity index (χ1) is 12.4. The van der Waals surface area contributed by atoms with Gasteiger partial charge in [-0.3, -0.25) is 4.99 Å². The van der Waals surface area contributed by atoms with Gasteiger partial charge >= 0.3 is 0 Å². The molecule has 0 bridgehead atoms. The predicted molar refractivity (Wildman–Crippen MR) is 120 cm³/mol. The number of methoxy groups -OCH3 is 1. The van der Waals surface area contributed by atoms with E-state index in [0.717, 1.165) is 29.7 Å². The molecular weight excluding hydrogens is 479 g/mol. The molecule has 1 aromatic carbocycles. The molecule has 154 valence electrons. The topological polar surface area (TPSA) is 91.8 Å². The lowest BCUT2D eigenvalue weighted by atomic mass is 9.86. The smallest absolute Gasteiger partial charge is 0.213 e. The van der Waals surface area contributed by atoms with Crippen molar-refractivity contribution in [2.24, 2.45) is 10.9 Å². The first kappa shape index (κ1) is 24.0. The summed E-state index contributed by atoms with van der Waals surface area (Å²) in [6.07, 6.45) is 3.46. The third-order valence-electron chi connectivity index (χ3n) is 4.59. The Morgan fingerprint density at radius 3 is 2.63 bits per heavy atom. The lowest BCUT2D eigenvalue weighted by molar-refractivity contribution is 0.316. The van der Waals surface area contributed by atoms with Crippen LogP contribution in [-0.2, 0) is 16.6 Å². The van der Waals surface area contributed by atoms with Crippen LogP contribution in [0.25, 0.3) is 0 Å². The number of nitrogens with one attached hydrogen (secondary N) is 3. The molecule has 3 N–H and O–H groups in total. The molecule has 0 spiro atoms. The molecule has 0 saturated heterocycles. The van der Waals surface area contributed by atoms with Crippen molar-refractivity contribution >= 4 is 40.0 Å². The van der Waals surface area contributed by atoms with Gasteiger partial charge in [0.25, 0.3) is 0 Å². The van der Waals surface area contributed by atoms with Gasteiger partial charge in [-0.15, -0.1) is 24.0 Å². The van der Waals surface area contributed by atoms with Crippen LogP contribution in [-0.4, -0.2) is 47.4 Å². The third-order valence-corrected chi connectivity index (χ3v) is 5.94. The molecule has 0 amide bonds. The van der Waals surface area contributed by atoms with Crippen LogP contribution in [0.3, 0.4) is 0 Å². The molecule has 1 fully saturated rings. The molecule has 1 aliphatic carbocycles. The highest BCUT2D eigenvalue weighted by molar-refractivity contribution is 14.0. The van der Waals surface area contributed by atoms with Crippen molar-refractivity contribution in [3.63, 3.8) is 0 Å². The highest BCUT2D eigenvalue weighted by atomic mass is 127. The second kappa shape index (κ2) is 11.7. The number of aliphatic imine (C=N–C) groups is 1. The molecule has 1 aliphatic rings. The van der Waals surface area contributed by atoms with E-state index >= 15 is 0 Å². The molecule has 7 nitrogen and oxygen atoms in total. The Bertz CT molecular complexity index is 721. The number of rotatable bonds is 9. The zero-order valence-corrected chi connectivity index (χ0v) is 19.4. The number of sulfonamides is 1. The van der Waals surface area contributed by atoms with E-state index < -0.39 is 10.0 Å². The minimum Gasteiger partial charge on any atom is -0.496 e. The first-order valence-electron chi connectivity index (χ1n) is 8.99. The van der Waals surface area contributed by atoms with Gasteiger partial charge in [-0.1, -0.05) is 18.6 Å². The van der Waals surface area contributed by atoms with E-state index in [9.17, 15) is 8.42 Å². The van der Waals surface area contributed by atoms with Crippen LogP contribution in [0.4, 0.5) is 0 Å². The molecule has 9 heteroatoms. The number of hydrogen-bond donors (Lipinski definition) is 3. The highest BCUT2D eigenvalue weighted by Gasteiger charge is 2.20. The summed E-state index contributed by atoms with van der Waals surface area (Å²) in [6.45, 7) is 3.41. The zero-order valence-electron chi connectivity index (χ0n) is 16.2. The molecule has 27 heavy (non-hydrogen) atoms. The fourth-order valence-electron chi connectivity index (χ4n) is 2.72. The van der Waals surface area contributed by atoms with Gasteiger partial charge in [-0.2, -0.15) is 0 Å². The van der Waals surface area contributed by atoms with Crippen LogP contribution in [0, 0.1) is 12.8 Å². The van der Waals surface area contributed by atoms with Gasteiger partial charge in [0.2, 0.25) is 10.0 Å². The molecule has 0 aliphatic heterocycles. The van der Waals surface area contributed by atoms with Gasteiger partial charge in [0.05, 0.1) is 12.9 Å². The number of halogens is 1. The lowest BCUT2D eigenvalue weighted by Gasteiger charge is -2.25.